The van der Waals surface area contributed by atoms with Crippen molar-refractivity contribution in [1.29, 1.82) is 0 Å². The molecular weight excluding hydrogens is 364 g/mol. The van der Waals surface area contributed by atoms with Gasteiger partial charge in [0.15, 0.2) is 0 Å². The first-order valence-electron chi connectivity index (χ1n) is 7.20. The summed E-state index contributed by atoms with van der Waals surface area (Å²) in [5.74, 6) is -0.306. The van der Waals surface area contributed by atoms with Crippen LogP contribution in [0.25, 0.3) is 10.8 Å². The molecule has 1 aliphatic heterocycles. The van der Waals surface area contributed by atoms with Gasteiger partial charge in [-0.15, -0.1) is 24.8 Å². The van der Waals surface area contributed by atoms with Crippen LogP contribution in [0, 0.1) is 0 Å². The van der Waals surface area contributed by atoms with Crippen molar-refractivity contribution < 1.29 is 18.3 Å². The minimum absolute atomic E-state index is 0. The second-order valence-electron chi connectivity index (χ2n) is 5.45. The zero-order valence-electron chi connectivity index (χ0n) is 12.7. The summed E-state index contributed by atoms with van der Waals surface area (Å²) in [5, 5.41) is 14.3. The zero-order chi connectivity index (χ0) is 15.7. The highest BCUT2D eigenvalue weighted by atomic mass is 35.5. The molecule has 2 aromatic carbocycles. The fraction of sp³-hybridized carbons (Fsp3) is 0.375. The van der Waals surface area contributed by atoms with Gasteiger partial charge in [-0.25, -0.2) is 0 Å². The highest BCUT2D eigenvalue weighted by Gasteiger charge is 2.46. The third-order valence-electron chi connectivity index (χ3n) is 4.05. The van der Waals surface area contributed by atoms with E-state index in [9.17, 15) is 18.3 Å². The monoisotopic (exact) mass is 382 g/mol. The number of benzene rings is 2. The van der Waals surface area contributed by atoms with E-state index in [2.05, 4.69) is 5.32 Å². The Labute approximate surface area is 150 Å². The molecule has 2 aromatic rings. The number of rotatable bonds is 2. The molecule has 3 nitrogen and oxygen atoms in total. The van der Waals surface area contributed by atoms with Gasteiger partial charge in [0.05, 0.1) is 0 Å². The molecule has 0 aliphatic carbocycles. The van der Waals surface area contributed by atoms with Crippen molar-refractivity contribution in [2.45, 2.75) is 12.2 Å². The maximum absolute atomic E-state index is 13.7. The lowest BCUT2D eigenvalue weighted by Gasteiger charge is -2.36. The van der Waals surface area contributed by atoms with E-state index in [0.717, 1.165) is 0 Å². The number of phenols is 1. The summed E-state index contributed by atoms with van der Waals surface area (Å²) in [6.07, 6.45) is -4.45. The second-order valence-corrected chi connectivity index (χ2v) is 5.45. The van der Waals surface area contributed by atoms with Gasteiger partial charge in [-0.1, -0.05) is 30.3 Å². The van der Waals surface area contributed by atoms with Crippen LogP contribution in [0.3, 0.4) is 0 Å². The van der Waals surface area contributed by atoms with E-state index in [0.29, 0.717) is 37.0 Å². The average molecular weight is 383 g/mol. The molecule has 1 saturated heterocycles. The van der Waals surface area contributed by atoms with Gasteiger partial charge in [0, 0.05) is 31.7 Å². The van der Waals surface area contributed by atoms with Crippen LogP contribution < -0.4 is 5.32 Å². The molecule has 1 fully saturated rings. The lowest BCUT2D eigenvalue weighted by Crippen LogP contribution is -2.49. The molecule has 1 aliphatic rings. The number of fused-ring (bicyclic) bond motifs is 1. The molecule has 0 bridgehead atoms. The number of nitrogens with zero attached hydrogens (tertiary/aromatic N) is 1. The van der Waals surface area contributed by atoms with Crippen LogP contribution in [0.1, 0.15) is 11.6 Å². The molecule has 2 N–H and O–H groups in total. The largest absolute Gasteiger partial charge is 0.508 e. The van der Waals surface area contributed by atoms with Crippen molar-refractivity contribution in [3.05, 3.63) is 42.0 Å². The molecule has 0 aromatic heterocycles. The van der Waals surface area contributed by atoms with Gasteiger partial charge in [0.2, 0.25) is 0 Å². The van der Waals surface area contributed by atoms with Crippen LogP contribution in [0.2, 0.25) is 0 Å². The molecule has 0 unspecified atom stereocenters. The zero-order valence-corrected chi connectivity index (χ0v) is 14.3. The average Bonchev–Trinajstić information content (AvgIpc) is 2.50. The topological polar surface area (TPSA) is 35.5 Å². The number of hydrogen-bond donors (Lipinski definition) is 2. The summed E-state index contributed by atoms with van der Waals surface area (Å²) in [4.78, 5) is 1.39. The van der Waals surface area contributed by atoms with Crippen LogP contribution in [0.15, 0.2) is 36.4 Å². The number of aromatic hydroxyl groups is 1. The normalized spacial score (nSPS) is 17.0. The van der Waals surface area contributed by atoms with Crippen molar-refractivity contribution >= 4 is 35.6 Å². The van der Waals surface area contributed by atoms with Crippen LogP contribution in [-0.2, 0) is 0 Å². The number of halogens is 5. The molecule has 0 amide bonds. The van der Waals surface area contributed by atoms with Crippen molar-refractivity contribution in [3.8, 4) is 5.75 Å². The van der Waals surface area contributed by atoms with E-state index in [1.807, 2.05) is 0 Å². The number of piperazine rings is 1. The Morgan fingerprint density at radius 2 is 1.62 bits per heavy atom. The van der Waals surface area contributed by atoms with E-state index in [4.69, 9.17) is 0 Å². The van der Waals surface area contributed by atoms with Gasteiger partial charge < -0.3 is 10.4 Å². The molecule has 134 valence electrons. The van der Waals surface area contributed by atoms with Crippen LogP contribution in [0.5, 0.6) is 5.75 Å². The Kier molecular flexibility index (Phi) is 7.16. The molecule has 24 heavy (non-hydrogen) atoms. The Bertz CT molecular complexity index is 676. The molecule has 1 atom stereocenters. The van der Waals surface area contributed by atoms with Crippen molar-refractivity contribution in [2.75, 3.05) is 26.2 Å². The van der Waals surface area contributed by atoms with Crippen LogP contribution in [0.4, 0.5) is 13.2 Å². The third-order valence-corrected chi connectivity index (χ3v) is 4.05. The van der Waals surface area contributed by atoms with E-state index >= 15 is 0 Å². The van der Waals surface area contributed by atoms with E-state index in [1.165, 1.54) is 11.0 Å². The van der Waals surface area contributed by atoms with Crippen molar-refractivity contribution in [2.24, 2.45) is 0 Å². The predicted octanol–water partition coefficient (Wildman–Crippen LogP) is 3.90. The third kappa shape index (κ3) is 4.06. The first-order valence-corrected chi connectivity index (χ1v) is 7.20. The van der Waals surface area contributed by atoms with E-state index < -0.39 is 12.2 Å². The second kappa shape index (κ2) is 8.25. The quantitative estimate of drug-likeness (QED) is 0.826. The minimum atomic E-state index is -4.45. The summed E-state index contributed by atoms with van der Waals surface area (Å²) < 4.78 is 41.2. The SMILES string of the molecule is Cl.Cl.Oc1ccc2ccccc2c1[C@@H](N1CCNCC1)C(F)(F)F. The van der Waals surface area contributed by atoms with Gasteiger partial charge in [0.1, 0.15) is 11.8 Å². The summed E-state index contributed by atoms with van der Waals surface area (Å²) in [6.45, 7) is 1.62. The minimum Gasteiger partial charge on any atom is -0.508 e. The van der Waals surface area contributed by atoms with Gasteiger partial charge in [-0.2, -0.15) is 13.2 Å². The standard InChI is InChI=1S/C16H17F3N2O.2ClH/c17-16(18,19)15(21-9-7-20-8-10-21)14-12-4-2-1-3-11(12)5-6-13(14)22;;/h1-6,15,20,22H,7-10H2;2*1H/t15-;;/m1../s1. The Balaban J connectivity index is 0.00000144. The summed E-state index contributed by atoms with van der Waals surface area (Å²) in [6, 6.07) is 8.04. The van der Waals surface area contributed by atoms with Gasteiger partial charge in [0.25, 0.3) is 0 Å². The lowest BCUT2D eigenvalue weighted by atomic mass is 9.95. The Morgan fingerprint density at radius 3 is 2.25 bits per heavy atom. The number of phenolic OH excluding ortho intramolecular Hbond substituents is 1. The molecule has 0 radical (unpaired) electrons. The smallest absolute Gasteiger partial charge is 0.408 e. The molecule has 8 heteroatoms. The first-order chi connectivity index (χ1) is 10.5. The fourth-order valence-corrected chi connectivity index (χ4v) is 3.07. The first kappa shape index (κ1) is 20.8. The molecule has 3 rings (SSSR count). The molecular formula is C16H19Cl2F3N2O. The lowest BCUT2D eigenvalue weighted by molar-refractivity contribution is -0.187. The fourth-order valence-electron chi connectivity index (χ4n) is 3.07. The van der Waals surface area contributed by atoms with E-state index in [-0.39, 0.29) is 36.1 Å². The van der Waals surface area contributed by atoms with Crippen LogP contribution in [-0.4, -0.2) is 42.4 Å². The Morgan fingerprint density at radius 1 is 1.00 bits per heavy atom. The predicted molar refractivity (Wildman–Crippen MR) is 93.3 cm³/mol. The number of hydrogen-bond acceptors (Lipinski definition) is 3. The number of alkyl halides is 3. The molecule has 0 saturated carbocycles. The Hall–Kier alpha value is -1.21. The van der Waals surface area contributed by atoms with Crippen LogP contribution >= 0.6 is 24.8 Å². The highest BCUT2D eigenvalue weighted by Crippen LogP contribution is 2.44. The maximum Gasteiger partial charge on any atom is 0.408 e. The van der Waals surface area contributed by atoms with E-state index in [1.54, 1.807) is 30.3 Å². The highest BCUT2D eigenvalue weighted by molar-refractivity contribution is 5.88. The van der Waals surface area contributed by atoms with Gasteiger partial charge in [-0.05, 0) is 16.8 Å². The summed E-state index contributed by atoms with van der Waals surface area (Å²) in [7, 11) is 0. The molecule has 0 spiro atoms. The maximum atomic E-state index is 13.7. The summed E-state index contributed by atoms with van der Waals surface area (Å²) in [5.41, 5.74) is -0.0486. The number of nitrogens with one attached hydrogen (secondary N) is 1. The van der Waals surface area contributed by atoms with Crippen molar-refractivity contribution in [3.63, 3.8) is 0 Å². The van der Waals surface area contributed by atoms with Gasteiger partial charge in [-0.3, -0.25) is 4.90 Å². The summed E-state index contributed by atoms with van der Waals surface area (Å²) >= 11 is 0. The van der Waals surface area contributed by atoms with Crippen molar-refractivity contribution in [1.82, 2.24) is 10.2 Å². The van der Waals surface area contributed by atoms with Gasteiger partial charge >= 0.3 is 6.18 Å². The molecule has 1 heterocycles.